The van der Waals surface area contributed by atoms with Gasteiger partial charge in [-0.25, -0.2) is 4.79 Å². The van der Waals surface area contributed by atoms with Crippen LogP contribution in [0.1, 0.15) is 194 Å². The zero-order chi connectivity index (χ0) is 59.1. The second kappa shape index (κ2) is 60.5. The summed E-state index contributed by atoms with van der Waals surface area (Å²) in [6.07, 6.45) is 89.8. The molecule has 0 bridgehead atoms. The Morgan fingerprint density at radius 3 is 1.02 bits per heavy atom. The molecule has 0 aliphatic heterocycles. The number of ether oxygens (including phenoxy) is 4. The summed E-state index contributed by atoms with van der Waals surface area (Å²) in [5.41, 5.74) is 0. The SMILES string of the molecule is CC/C=C\C/C=C\C/C=C\C/C=C\C/C=C\C/C=C\C/C=C\C/C=C\C/C=C\CCCC(=O)OC(COC(=O)CCCCCCCCCC/C=C\C/C=C\C/C=C\C/C=C\C/C=C\C/C=C\CC)COC(OCC[N+](C)(C)C)C(=O)O. The fraction of sp³-hybridized carbons (Fsp3) is 0.542. The molecule has 1 N–H and O–H groups in total. The molecule has 0 aromatic heterocycles. The fourth-order valence-electron chi connectivity index (χ4n) is 7.49. The Morgan fingerprint density at radius 1 is 0.370 bits per heavy atom. The van der Waals surface area contributed by atoms with E-state index in [9.17, 15) is 19.5 Å². The Hall–Kier alpha value is -5.61. The van der Waals surface area contributed by atoms with Crippen LogP contribution in [0.5, 0.6) is 0 Å². The number of esters is 2. The number of carboxylic acid groups (broad SMARTS) is 1. The Balaban J connectivity index is 4.40. The number of nitrogens with zero attached hydrogens (tertiary/aromatic N) is 1. The molecule has 0 spiro atoms. The third-order valence-corrected chi connectivity index (χ3v) is 12.2. The van der Waals surface area contributed by atoms with Crippen LogP contribution in [-0.2, 0) is 33.3 Å². The van der Waals surface area contributed by atoms with Crippen molar-refractivity contribution >= 4 is 17.9 Å². The highest BCUT2D eigenvalue weighted by Crippen LogP contribution is 2.13. The van der Waals surface area contributed by atoms with Crippen molar-refractivity contribution in [3.05, 3.63) is 182 Å². The highest BCUT2D eigenvalue weighted by Gasteiger charge is 2.25. The number of likely N-dealkylation sites (N-methyl/N-ethyl adjacent to an activating group) is 1. The third kappa shape index (κ3) is 61.9. The molecule has 0 aliphatic carbocycles. The monoisotopic (exact) mass is 1120 g/mol. The van der Waals surface area contributed by atoms with E-state index in [1.165, 1.54) is 25.7 Å². The highest BCUT2D eigenvalue weighted by atomic mass is 16.7. The molecule has 9 nitrogen and oxygen atoms in total. The predicted octanol–water partition coefficient (Wildman–Crippen LogP) is 18.9. The van der Waals surface area contributed by atoms with Gasteiger partial charge in [0, 0.05) is 12.8 Å². The van der Waals surface area contributed by atoms with E-state index in [0.717, 1.165) is 128 Å². The summed E-state index contributed by atoms with van der Waals surface area (Å²) in [6, 6.07) is 0. The van der Waals surface area contributed by atoms with E-state index in [2.05, 4.69) is 196 Å². The van der Waals surface area contributed by atoms with E-state index >= 15 is 0 Å². The minimum absolute atomic E-state index is 0.164. The summed E-state index contributed by atoms with van der Waals surface area (Å²) >= 11 is 0. The summed E-state index contributed by atoms with van der Waals surface area (Å²) in [5.74, 6) is -2.12. The van der Waals surface area contributed by atoms with Crippen molar-refractivity contribution < 1.29 is 42.9 Å². The molecule has 0 aromatic carbocycles. The zero-order valence-electron chi connectivity index (χ0n) is 51.4. The predicted molar refractivity (Wildman–Crippen MR) is 345 cm³/mol. The molecule has 9 heteroatoms. The Labute approximate surface area is 494 Å². The van der Waals surface area contributed by atoms with Crippen molar-refractivity contribution in [3.8, 4) is 0 Å². The molecule has 81 heavy (non-hydrogen) atoms. The smallest absolute Gasteiger partial charge is 0.361 e. The highest BCUT2D eigenvalue weighted by molar-refractivity contribution is 5.71. The van der Waals surface area contributed by atoms with E-state index in [4.69, 9.17) is 18.9 Å². The van der Waals surface area contributed by atoms with Crippen LogP contribution in [0.4, 0.5) is 0 Å². The lowest BCUT2D eigenvalue weighted by atomic mass is 10.1. The van der Waals surface area contributed by atoms with Gasteiger partial charge in [0.15, 0.2) is 6.10 Å². The number of carbonyl (C=O) groups excluding carboxylic acids is 2. The van der Waals surface area contributed by atoms with Gasteiger partial charge in [0.25, 0.3) is 6.29 Å². The summed E-state index contributed by atoms with van der Waals surface area (Å²) in [4.78, 5) is 37.5. The van der Waals surface area contributed by atoms with E-state index in [1.807, 2.05) is 21.1 Å². The molecule has 0 heterocycles. The molecule has 0 saturated heterocycles. The van der Waals surface area contributed by atoms with E-state index in [0.29, 0.717) is 23.9 Å². The molecule has 0 fully saturated rings. The standard InChI is InChI=1S/C72H111NO8/c1-6-8-10-12-14-16-18-20-22-24-26-28-30-32-34-35-37-39-41-43-45-47-49-51-53-55-57-59-61-63-70(75)81-68(67-80-72(71(76)77)78-65-64-73(3,4)5)66-79-69(74)62-60-58-56-54-52-50-48-46-44-42-40-38-36-33-31-29-27-25-23-21-19-17-15-13-11-9-7-2/h8-11,14-17,20-23,26-29,32-34,36-37,39-40,42-43,45,49,51,55,57,68,72H,6-7,12-13,18-19,24-25,30-31,35,38,41,44,46-48,50,52-54,56,58-67H2,1-5H3/p+1/b10-8-,11-9-,16-14-,17-15-,22-20-,23-21-,28-26-,29-27-,34-32-,36-33-,39-37-,42-40-,45-43-,51-49-,57-55-. The maximum atomic E-state index is 12.9. The first-order chi connectivity index (χ1) is 39.6. The molecule has 0 radical (unpaired) electrons. The van der Waals surface area contributed by atoms with Gasteiger partial charge >= 0.3 is 17.9 Å². The Kier molecular flexibility index (Phi) is 56.3. The number of aliphatic carboxylic acids is 1. The van der Waals surface area contributed by atoms with Crippen LogP contribution in [0.25, 0.3) is 0 Å². The molecule has 0 saturated carbocycles. The molecule has 2 unspecified atom stereocenters. The minimum atomic E-state index is -1.54. The van der Waals surface area contributed by atoms with E-state index in [1.54, 1.807) is 0 Å². The lowest BCUT2D eigenvalue weighted by molar-refractivity contribution is -0.870. The molecule has 452 valence electrons. The number of allylic oxidation sites excluding steroid dienone is 30. The summed E-state index contributed by atoms with van der Waals surface area (Å²) in [7, 11) is 5.93. The van der Waals surface area contributed by atoms with Crippen molar-refractivity contribution in [2.24, 2.45) is 0 Å². The quantitative estimate of drug-likeness (QED) is 0.0211. The zero-order valence-corrected chi connectivity index (χ0v) is 51.4. The van der Waals surface area contributed by atoms with Crippen LogP contribution in [0.15, 0.2) is 182 Å². The lowest BCUT2D eigenvalue weighted by Gasteiger charge is -2.25. The number of hydrogen-bond donors (Lipinski definition) is 1. The van der Waals surface area contributed by atoms with Gasteiger partial charge in [-0.15, -0.1) is 0 Å². The van der Waals surface area contributed by atoms with Crippen molar-refractivity contribution in [1.82, 2.24) is 0 Å². The van der Waals surface area contributed by atoms with Crippen LogP contribution >= 0.6 is 0 Å². The molecule has 0 aliphatic rings. The van der Waals surface area contributed by atoms with Gasteiger partial charge in [-0.2, -0.15) is 0 Å². The average Bonchev–Trinajstić information content (AvgIpc) is 3.44. The first-order valence-corrected chi connectivity index (χ1v) is 30.9. The number of carbonyl (C=O) groups is 3. The van der Waals surface area contributed by atoms with Crippen molar-refractivity contribution in [1.29, 1.82) is 0 Å². The van der Waals surface area contributed by atoms with Crippen LogP contribution in [0.2, 0.25) is 0 Å². The van der Waals surface area contributed by atoms with Crippen molar-refractivity contribution in [3.63, 3.8) is 0 Å². The Bertz CT molecular complexity index is 1980. The molecule has 2 atom stereocenters. The fourth-order valence-corrected chi connectivity index (χ4v) is 7.49. The molecule has 0 amide bonds. The molecule has 0 rings (SSSR count). The van der Waals surface area contributed by atoms with Crippen LogP contribution in [0.3, 0.4) is 0 Å². The van der Waals surface area contributed by atoms with Gasteiger partial charge in [-0.3, -0.25) is 9.59 Å². The number of hydrogen-bond acceptors (Lipinski definition) is 7. The van der Waals surface area contributed by atoms with Gasteiger partial charge in [0.05, 0.1) is 34.4 Å². The van der Waals surface area contributed by atoms with Crippen LogP contribution in [-0.4, -0.2) is 87.4 Å². The van der Waals surface area contributed by atoms with E-state index < -0.39 is 24.3 Å². The lowest BCUT2D eigenvalue weighted by Crippen LogP contribution is -2.40. The molecular weight excluding hydrogens is 1010 g/mol. The second-order valence-electron chi connectivity index (χ2n) is 20.9. The van der Waals surface area contributed by atoms with Gasteiger partial charge in [0.2, 0.25) is 0 Å². The largest absolute Gasteiger partial charge is 0.477 e. The van der Waals surface area contributed by atoms with Gasteiger partial charge in [0.1, 0.15) is 13.2 Å². The maximum Gasteiger partial charge on any atom is 0.361 e. The van der Waals surface area contributed by atoms with E-state index in [-0.39, 0.29) is 38.6 Å². The number of quaternary nitrogens is 1. The third-order valence-electron chi connectivity index (χ3n) is 12.2. The summed E-state index contributed by atoms with van der Waals surface area (Å²) in [6.45, 7) is 4.54. The molecule has 0 aromatic rings. The molecular formula is C72H112NO8+. The summed E-state index contributed by atoms with van der Waals surface area (Å²) < 4.78 is 22.8. The first-order valence-electron chi connectivity index (χ1n) is 30.9. The normalized spacial score (nSPS) is 14.0. The van der Waals surface area contributed by atoms with Crippen molar-refractivity contribution in [2.45, 2.75) is 206 Å². The summed E-state index contributed by atoms with van der Waals surface area (Å²) in [5, 5.41) is 9.72. The first kappa shape index (κ1) is 75.4. The van der Waals surface area contributed by atoms with Crippen LogP contribution in [0, 0.1) is 0 Å². The number of carboxylic acids is 1. The number of rotatable bonds is 54. The average molecular weight is 1120 g/mol. The minimum Gasteiger partial charge on any atom is -0.477 e. The topological polar surface area (TPSA) is 108 Å². The number of unbranched alkanes of at least 4 members (excludes halogenated alkanes) is 9. The maximum absolute atomic E-state index is 12.9. The second-order valence-corrected chi connectivity index (χ2v) is 20.9. The van der Waals surface area contributed by atoms with Gasteiger partial charge in [-0.05, 0) is 128 Å². The van der Waals surface area contributed by atoms with Gasteiger partial charge in [-0.1, -0.05) is 235 Å². The van der Waals surface area contributed by atoms with Crippen molar-refractivity contribution in [2.75, 3.05) is 47.5 Å². The Morgan fingerprint density at radius 2 is 0.679 bits per heavy atom. The van der Waals surface area contributed by atoms with Gasteiger partial charge < -0.3 is 28.5 Å². The van der Waals surface area contributed by atoms with Crippen LogP contribution < -0.4 is 0 Å².